The summed E-state index contributed by atoms with van der Waals surface area (Å²) in [4.78, 5) is 23.6. The van der Waals surface area contributed by atoms with Crippen molar-refractivity contribution in [3.8, 4) is 5.75 Å². The zero-order valence-corrected chi connectivity index (χ0v) is 13.3. The largest absolute Gasteiger partial charge is 0.577 e. The number of carboxylic acids is 1. The van der Waals surface area contributed by atoms with Crippen LogP contribution in [0.3, 0.4) is 0 Å². The second kappa shape index (κ2) is 7.16. The number of nitrogens with zero attached hydrogens (tertiary/aromatic N) is 1. The van der Waals surface area contributed by atoms with E-state index in [0.29, 0.717) is 0 Å². The number of fused-ring (bicyclic) bond motifs is 1. The summed E-state index contributed by atoms with van der Waals surface area (Å²) in [6, 6.07) is -0.0423. The molecule has 0 amide bonds. The molecule has 1 N–H and O–H groups in total. The Balaban J connectivity index is 0.000000701. The summed E-state index contributed by atoms with van der Waals surface area (Å²) < 4.78 is 53.6. The molecule has 1 aliphatic carbocycles. The average Bonchev–Trinajstić information content (AvgIpc) is 3.38. The van der Waals surface area contributed by atoms with E-state index >= 15 is 0 Å². The molecule has 0 bridgehead atoms. The topological polar surface area (TPSA) is 68.5 Å². The van der Waals surface area contributed by atoms with Gasteiger partial charge in [0, 0.05) is 17.8 Å². The minimum atomic E-state index is -1.40. The third kappa shape index (κ3) is 3.20. The number of pyridine rings is 1. The summed E-state index contributed by atoms with van der Waals surface area (Å²) in [7, 11) is 0.180. The highest BCUT2D eigenvalue weighted by atomic mass is 19.2. The molecule has 5 nitrogen and oxygen atoms in total. The molecule has 0 aliphatic heterocycles. The van der Waals surface area contributed by atoms with E-state index in [2.05, 4.69) is 0 Å². The number of rotatable bonds is 3. The molecule has 2 aromatic rings. The van der Waals surface area contributed by atoms with E-state index in [1.165, 1.54) is 24.8 Å². The Kier molecular flexibility index (Phi) is 5.39. The Bertz CT molecular complexity index is 896. The van der Waals surface area contributed by atoms with E-state index in [-0.39, 0.29) is 28.3 Å². The molecule has 25 heavy (non-hydrogen) atoms. The van der Waals surface area contributed by atoms with Crippen LogP contribution in [-0.2, 0) is 0 Å². The number of halogens is 4. The number of aryl methyl sites for hydroxylation is 1. The van der Waals surface area contributed by atoms with Crippen LogP contribution in [0.2, 0.25) is 0 Å². The number of hydrogen-bond donors (Lipinski definition) is 1. The Morgan fingerprint density at radius 1 is 1.32 bits per heavy atom. The molecule has 3 rings (SSSR count). The predicted molar refractivity (Wildman–Crippen MR) is 82.6 cm³/mol. The minimum absolute atomic E-state index is 0.0423. The van der Waals surface area contributed by atoms with Crippen LogP contribution in [0.15, 0.2) is 11.0 Å². The third-order valence-electron chi connectivity index (χ3n) is 3.92. The summed E-state index contributed by atoms with van der Waals surface area (Å²) in [6.07, 6.45) is 2.74. The highest BCUT2D eigenvalue weighted by molar-refractivity contribution is 6.15. The van der Waals surface area contributed by atoms with Crippen molar-refractivity contribution in [3.63, 3.8) is 0 Å². The normalized spacial score (nSPS) is 13.2. The van der Waals surface area contributed by atoms with Gasteiger partial charge in [0.2, 0.25) is 11.2 Å². The van der Waals surface area contributed by atoms with Crippen molar-refractivity contribution in [1.29, 1.82) is 0 Å². The number of hydrogen-bond acceptors (Lipinski definition) is 3. The Labute approximate surface area is 140 Å². The minimum Gasteiger partial charge on any atom is -0.491 e. The van der Waals surface area contributed by atoms with Crippen molar-refractivity contribution in [2.75, 3.05) is 7.11 Å². The summed E-state index contributed by atoms with van der Waals surface area (Å²) in [6.45, 7) is 1.25. The second-order valence-electron chi connectivity index (χ2n) is 5.41. The van der Waals surface area contributed by atoms with Gasteiger partial charge in [0.1, 0.15) is 5.56 Å². The lowest BCUT2D eigenvalue weighted by atomic mass is 10.0. The van der Waals surface area contributed by atoms with Gasteiger partial charge in [-0.3, -0.25) is 13.4 Å². The van der Waals surface area contributed by atoms with E-state index in [1.807, 2.05) is 0 Å². The van der Waals surface area contributed by atoms with Crippen LogP contribution in [0.5, 0.6) is 5.75 Å². The highest BCUT2D eigenvalue weighted by Gasteiger charge is 2.31. The molecule has 0 spiro atoms. The number of aromatic carboxylic acids is 1. The van der Waals surface area contributed by atoms with Gasteiger partial charge in [-0.2, -0.15) is 4.39 Å². The van der Waals surface area contributed by atoms with Crippen LogP contribution in [0.25, 0.3) is 10.9 Å². The number of benzene rings is 1. The smallest absolute Gasteiger partial charge is 0.491 e. The Morgan fingerprint density at radius 2 is 1.88 bits per heavy atom. The van der Waals surface area contributed by atoms with E-state index < -0.39 is 36.4 Å². The highest BCUT2D eigenvalue weighted by Crippen LogP contribution is 2.41. The Morgan fingerprint density at radius 3 is 2.32 bits per heavy atom. The molecule has 1 aromatic heterocycles. The van der Waals surface area contributed by atoms with Crippen LogP contribution in [0.4, 0.5) is 17.4 Å². The number of methoxy groups -OCH3 is 1. The molecule has 1 saturated carbocycles. The van der Waals surface area contributed by atoms with E-state index in [9.17, 15) is 32.1 Å². The Hall–Kier alpha value is -2.52. The molecule has 10 heteroatoms. The zero-order valence-electron chi connectivity index (χ0n) is 13.3. The summed E-state index contributed by atoms with van der Waals surface area (Å²) in [5.41, 5.74) is -1.41. The summed E-state index contributed by atoms with van der Waals surface area (Å²) >= 11 is 0. The van der Waals surface area contributed by atoms with Gasteiger partial charge in [0.15, 0.2) is 11.6 Å². The lowest BCUT2D eigenvalue weighted by Crippen LogP contribution is -2.21. The molecule has 1 fully saturated rings. The molecule has 1 heterocycles. The van der Waals surface area contributed by atoms with Gasteiger partial charge in [-0.15, -0.1) is 0 Å². The molecule has 0 saturated heterocycles. The van der Waals surface area contributed by atoms with Gasteiger partial charge < -0.3 is 14.4 Å². The van der Waals surface area contributed by atoms with E-state index in [1.54, 1.807) is 0 Å². The van der Waals surface area contributed by atoms with Crippen LogP contribution < -0.4 is 10.2 Å². The third-order valence-corrected chi connectivity index (χ3v) is 3.92. The van der Waals surface area contributed by atoms with Gasteiger partial charge >= 0.3 is 13.8 Å². The monoisotopic (exact) mass is 358 g/mol. The number of ether oxygens (including phenoxy) is 1. The SMILES string of the molecule is COc1c(F)c(F)c(C)c2c(=O)c(C(=O)O)cn(C3CC3)c12.F[B]F. The van der Waals surface area contributed by atoms with E-state index in [0.717, 1.165) is 12.8 Å². The molecule has 1 aliphatic rings. The molecule has 133 valence electrons. The quantitative estimate of drug-likeness (QED) is 0.676. The maximum Gasteiger partial charge on any atom is 0.577 e. The van der Waals surface area contributed by atoms with Crippen molar-refractivity contribution in [2.24, 2.45) is 0 Å². The van der Waals surface area contributed by atoms with Crippen molar-refractivity contribution in [1.82, 2.24) is 4.57 Å². The average molecular weight is 358 g/mol. The van der Waals surface area contributed by atoms with Crippen molar-refractivity contribution < 1.29 is 32.1 Å². The number of aromatic nitrogens is 1. The predicted octanol–water partition coefficient (Wildman–Crippen LogP) is 3.09. The standard InChI is InChI=1S/C15H13F2NO4.BF2/c1-6-9-12(14(22-2)11(17)10(6)16)18(7-3-4-7)5-8(13(9)19)15(20)21;2-1-3/h5,7H,3-4H2,1-2H3,(H,20,21);. The molecule has 0 atom stereocenters. The van der Waals surface area contributed by atoms with Crippen molar-refractivity contribution in [2.45, 2.75) is 25.8 Å². The lowest BCUT2D eigenvalue weighted by molar-refractivity contribution is 0.0695. The maximum atomic E-state index is 14.1. The number of carboxylic acid groups (broad SMARTS) is 1. The van der Waals surface area contributed by atoms with Crippen molar-refractivity contribution >= 4 is 24.7 Å². The lowest BCUT2D eigenvalue weighted by Gasteiger charge is -2.17. The zero-order chi connectivity index (χ0) is 18.9. The molecular weight excluding hydrogens is 345 g/mol. The van der Waals surface area contributed by atoms with Gasteiger partial charge in [-0.05, 0) is 19.8 Å². The molecule has 0 unspecified atom stereocenters. The van der Waals surface area contributed by atoms with Crippen LogP contribution in [-0.4, -0.2) is 30.6 Å². The first kappa shape index (κ1) is 18.8. The van der Waals surface area contributed by atoms with Crippen LogP contribution >= 0.6 is 0 Å². The molecule has 1 aromatic carbocycles. The number of carbonyl (C=O) groups is 1. The fraction of sp³-hybridized carbons (Fsp3) is 0.333. The first-order valence-electron chi connectivity index (χ1n) is 7.15. The fourth-order valence-corrected chi connectivity index (χ4v) is 2.67. The maximum absolute atomic E-state index is 14.1. The van der Waals surface area contributed by atoms with Crippen LogP contribution in [0.1, 0.15) is 34.8 Å². The van der Waals surface area contributed by atoms with Gasteiger partial charge in [-0.1, -0.05) is 0 Å². The molecule has 1 radical (unpaired) electrons. The summed E-state index contributed by atoms with van der Waals surface area (Å²) in [5.74, 6) is -4.15. The first-order chi connectivity index (χ1) is 11.8. The first-order valence-corrected chi connectivity index (χ1v) is 7.15. The van der Waals surface area contributed by atoms with Gasteiger partial charge in [-0.25, -0.2) is 9.18 Å². The molecular formula is C15H13BF4NO4. The fourth-order valence-electron chi connectivity index (χ4n) is 2.67. The van der Waals surface area contributed by atoms with Crippen LogP contribution in [0, 0.1) is 18.6 Å². The van der Waals surface area contributed by atoms with Crippen molar-refractivity contribution in [3.05, 3.63) is 39.2 Å². The second-order valence-corrected chi connectivity index (χ2v) is 5.41. The van der Waals surface area contributed by atoms with Gasteiger partial charge in [0.25, 0.3) is 0 Å². The summed E-state index contributed by atoms with van der Waals surface area (Å²) in [5, 5.41) is 9.03. The van der Waals surface area contributed by atoms with Gasteiger partial charge in [0.05, 0.1) is 18.0 Å². The van der Waals surface area contributed by atoms with E-state index in [4.69, 9.17) is 4.74 Å².